The van der Waals surface area contributed by atoms with Crippen LogP contribution in [0.1, 0.15) is 32.3 Å². The molecule has 3 rings (SSSR count). The Bertz CT molecular complexity index is 446. The van der Waals surface area contributed by atoms with Crippen molar-refractivity contribution in [2.45, 2.75) is 45.3 Å². The van der Waals surface area contributed by atoms with Crippen molar-refractivity contribution in [3.63, 3.8) is 0 Å². The Morgan fingerprint density at radius 1 is 1.42 bits per heavy atom. The van der Waals surface area contributed by atoms with Crippen LogP contribution >= 0.6 is 0 Å². The Kier molecular flexibility index (Phi) is 3.65. The van der Waals surface area contributed by atoms with Crippen molar-refractivity contribution in [2.75, 3.05) is 29.9 Å². The minimum atomic E-state index is 0.329. The molecular weight excluding hydrogens is 236 g/mol. The number of ether oxygens (including phenoxy) is 1. The van der Waals surface area contributed by atoms with Crippen LogP contribution in [0.3, 0.4) is 0 Å². The first-order chi connectivity index (χ1) is 9.29. The van der Waals surface area contributed by atoms with Gasteiger partial charge in [0.15, 0.2) is 0 Å². The van der Waals surface area contributed by atoms with Crippen LogP contribution < -0.4 is 10.2 Å². The van der Waals surface area contributed by atoms with Gasteiger partial charge in [-0.3, -0.25) is 0 Å². The molecule has 2 unspecified atom stereocenters. The molecular formula is C16H24N2O. The minimum Gasteiger partial charge on any atom is -0.385 e. The molecule has 1 aromatic rings. The van der Waals surface area contributed by atoms with Crippen molar-refractivity contribution < 1.29 is 4.74 Å². The highest BCUT2D eigenvalue weighted by Gasteiger charge is 2.28. The first-order valence-electron chi connectivity index (χ1n) is 7.53. The summed E-state index contributed by atoms with van der Waals surface area (Å²) in [5.74, 6) is 0. The first-order valence-corrected chi connectivity index (χ1v) is 7.53. The van der Waals surface area contributed by atoms with Crippen LogP contribution in [0.25, 0.3) is 0 Å². The normalized spacial score (nSPS) is 26.7. The van der Waals surface area contributed by atoms with E-state index in [1.165, 1.54) is 29.8 Å². The number of hydrogen-bond acceptors (Lipinski definition) is 3. The van der Waals surface area contributed by atoms with E-state index in [4.69, 9.17) is 4.74 Å². The zero-order chi connectivity index (χ0) is 13.2. The van der Waals surface area contributed by atoms with Crippen molar-refractivity contribution in [3.8, 4) is 0 Å². The van der Waals surface area contributed by atoms with E-state index in [0.717, 1.165) is 26.1 Å². The molecule has 0 aliphatic carbocycles. The summed E-state index contributed by atoms with van der Waals surface area (Å²) in [4.78, 5) is 2.57. The molecule has 0 radical (unpaired) electrons. The monoisotopic (exact) mass is 260 g/mol. The third-order valence-electron chi connectivity index (χ3n) is 4.32. The van der Waals surface area contributed by atoms with Gasteiger partial charge >= 0.3 is 0 Å². The Morgan fingerprint density at radius 2 is 2.32 bits per heavy atom. The number of rotatable bonds is 2. The number of fused-ring (bicyclic) bond motifs is 1. The molecule has 19 heavy (non-hydrogen) atoms. The topological polar surface area (TPSA) is 24.5 Å². The zero-order valence-electron chi connectivity index (χ0n) is 12.0. The number of hydrogen-bond donors (Lipinski definition) is 1. The molecule has 0 saturated carbocycles. The molecule has 1 aromatic carbocycles. The van der Waals surface area contributed by atoms with Gasteiger partial charge in [-0.25, -0.2) is 0 Å². The third kappa shape index (κ3) is 2.44. The summed E-state index contributed by atoms with van der Waals surface area (Å²) in [5.41, 5.74) is 4.26. The summed E-state index contributed by atoms with van der Waals surface area (Å²) in [6.07, 6.45) is 3.90. The zero-order valence-corrected chi connectivity index (χ0v) is 12.0. The fourth-order valence-electron chi connectivity index (χ4n) is 3.24. The number of nitrogens with one attached hydrogen (secondary N) is 1. The van der Waals surface area contributed by atoms with Crippen LogP contribution in [0.4, 0.5) is 11.4 Å². The molecule has 0 aromatic heterocycles. The maximum atomic E-state index is 5.82. The van der Waals surface area contributed by atoms with Crippen LogP contribution in [0, 0.1) is 0 Å². The molecule has 0 spiro atoms. The van der Waals surface area contributed by atoms with Crippen molar-refractivity contribution >= 4 is 11.4 Å². The standard InChI is InChI=1S/C16H24N2O/c1-3-13-11-19-12(2)10-18(13)16-8-4-7-15-14(16)6-5-9-17-15/h4,7-8,12-13,17H,3,5-6,9-11H2,1-2H3. The highest BCUT2D eigenvalue weighted by atomic mass is 16.5. The van der Waals surface area contributed by atoms with E-state index in [1.54, 1.807) is 0 Å². The van der Waals surface area contributed by atoms with Crippen LogP contribution in [-0.2, 0) is 11.2 Å². The lowest BCUT2D eigenvalue weighted by molar-refractivity contribution is 0.0299. The van der Waals surface area contributed by atoms with Gasteiger partial charge in [-0.2, -0.15) is 0 Å². The van der Waals surface area contributed by atoms with E-state index in [1.807, 2.05) is 0 Å². The molecule has 2 heterocycles. The summed E-state index contributed by atoms with van der Waals surface area (Å²) < 4.78 is 5.82. The van der Waals surface area contributed by atoms with Gasteiger partial charge in [0.1, 0.15) is 0 Å². The molecule has 1 saturated heterocycles. The van der Waals surface area contributed by atoms with E-state index in [0.29, 0.717) is 12.1 Å². The van der Waals surface area contributed by atoms with Crippen molar-refractivity contribution in [2.24, 2.45) is 0 Å². The summed E-state index contributed by atoms with van der Waals surface area (Å²) in [6, 6.07) is 7.19. The molecule has 2 aliphatic heterocycles. The highest BCUT2D eigenvalue weighted by Crippen LogP contribution is 2.34. The number of morpholine rings is 1. The molecule has 0 bridgehead atoms. The fourth-order valence-corrected chi connectivity index (χ4v) is 3.24. The van der Waals surface area contributed by atoms with Gasteiger partial charge in [-0.1, -0.05) is 13.0 Å². The fraction of sp³-hybridized carbons (Fsp3) is 0.625. The Hall–Kier alpha value is -1.22. The van der Waals surface area contributed by atoms with Gasteiger partial charge < -0.3 is 15.0 Å². The number of anilines is 2. The summed E-state index contributed by atoms with van der Waals surface area (Å²) in [5, 5.41) is 3.53. The summed E-state index contributed by atoms with van der Waals surface area (Å²) >= 11 is 0. The molecule has 1 fully saturated rings. The lowest BCUT2D eigenvalue weighted by atomic mass is 9.98. The van der Waals surface area contributed by atoms with Gasteiger partial charge in [0, 0.05) is 24.5 Å². The molecule has 104 valence electrons. The second-order valence-corrected chi connectivity index (χ2v) is 5.69. The molecule has 1 N–H and O–H groups in total. The van der Waals surface area contributed by atoms with Crippen LogP contribution in [0.5, 0.6) is 0 Å². The third-order valence-corrected chi connectivity index (χ3v) is 4.32. The number of benzene rings is 1. The van der Waals surface area contributed by atoms with Crippen molar-refractivity contribution in [3.05, 3.63) is 23.8 Å². The molecule has 2 aliphatic rings. The number of nitrogens with zero attached hydrogens (tertiary/aromatic N) is 1. The van der Waals surface area contributed by atoms with E-state index in [2.05, 4.69) is 42.3 Å². The Balaban J connectivity index is 1.95. The lowest BCUT2D eigenvalue weighted by Crippen LogP contribution is -2.49. The predicted molar refractivity (Wildman–Crippen MR) is 80.1 cm³/mol. The summed E-state index contributed by atoms with van der Waals surface area (Å²) in [7, 11) is 0. The van der Waals surface area contributed by atoms with E-state index < -0.39 is 0 Å². The first kappa shape index (κ1) is 12.8. The SMILES string of the molecule is CCC1COC(C)CN1c1cccc2c1CCCN2. The summed E-state index contributed by atoms with van der Waals surface area (Å²) in [6.45, 7) is 7.40. The molecule has 2 atom stereocenters. The van der Waals surface area contributed by atoms with Gasteiger partial charge in [0.05, 0.1) is 18.8 Å². The van der Waals surface area contributed by atoms with Crippen LogP contribution in [0.15, 0.2) is 18.2 Å². The second kappa shape index (κ2) is 5.41. The predicted octanol–water partition coefficient (Wildman–Crippen LogP) is 3.05. The highest BCUT2D eigenvalue weighted by molar-refractivity contribution is 5.68. The van der Waals surface area contributed by atoms with Crippen molar-refractivity contribution in [1.82, 2.24) is 0 Å². The van der Waals surface area contributed by atoms with E-state index in [9.17, 15) is 0 Å². The molecule has 3 heteroatoms. The maximum absolute atomic E-state index is 5.82. The smallest absolute Gasteiger partial charge is 0.0723 e. The van der Waals surface area contributed by atoms with E-state index in [-0.39, 0.29) is 0 Å². The second-order valence-electron chi connectivity index (χ2n) is 5.69. The van der Waals surface area contributed by atoms with E-state index >= 15 is 0 Å². The van der Waals surface area contributed by atoms with Gasteiger partial charge in [-0.05, 0) is 43.9 Å². The minimum absolute atomic E-state index is 0.329. The maximum Gasteiger partial charge on any atom is 0.0723 e. The Morgan fingerprint density at radius 3 is 3.16 bits per heavy atom. The molecule has 0 amide bonds. The average Bonchev–Trinajstić information content (AvgIpc) is 2.46. The largest absolute Gasteiger partial charge is 0.385 e. The van der Waals surface area contributed by atoms with Crippen LogP contribution in [0.2, 0.25) is 0 Å². The van der Waals surface area contributed by atoms with Gasteiger partial charge in [0.25, 0.3) is 0 Å². The van der Waals surface area contributed by atoms with Gasteiger partial charge in [-0.15, -0.1) is 0 Å². The lowest BCUT2D eigenvalue weighted by Gasteiger charge is -2.41. The van der Waals surface area contributed by atoms with Crippen LogP contribution in [-0.4, -0.2) is 31.8 Å². The van der Waals surface area contributed by atoms with Crippen molar-refractivity contribution in [1.29, 1.82) is 0 Å². The van der Waals surface area contributed by atoms with Gasteiger partial charge in [0.2, 0.25) is 0 Å². The molecule has 3 nitrogen and oxygen atoms in total. The average molecular weight is 260 g/mol. The Labute approximate surface area is 115 Å². The quantitative estimate of drug-likeness (QED) is 0.884.